The van der Waals surface area contributed by atoms with Gasteiger partial charge in [-0.2, -0.15) is 13.2 Å². The fraction of sp³-hybridized carbons (Fsp3) is 0.400. The Morgan fingerprint density at radius 2 is 1.74 bits per heavy atom. The Hall–Kier alpha value is -3.20. The molecule has 0 bridgehead atoms. The topological polar surface area (TPSA) is 58.6 Å². The van der Waals surface area contributed by atoms with Crippen molar-refractivity contribution in [2.45, 2.75) is 33.0 Å². The summed E-state index contributed by atoms with van der Waals surface area (Å²) in [5.74, 6) is 0.484. The minimum absolute atomic E-state index is 0.227. The van der Waals surface area contributed by atoms with Gasteiger partial charge in [-0.15, -0.1) is 0 Å². The molecular formula is C25H27F3N4O2. The zero-order valence-electron chi connectivity index (χ0n) is 19.2. The second kappa shape index (κ2) is 9.97. The van der Waals surface area contributed by atoms with Crippen molar-refractivity contribution >= 4 is 22.8 Å². The first-order chi connectivity index (χ1) is 16.2. The van der Waals surface area contributed by atoms with Gasteiger partial charge in [-0.3, -0.25) is 9.69 Å². The number of benzene rings is 2. The summed E-state index contributed by atoms with van der Waals surface area (Å²) in [6.07, 6.45) is -4.14. The predicted molar refractivity (Wildman–Crippen MR) is 124 cm³/mol. The smallest absolute Gasteiger partial charge is 0.416 e. The predicted octanol–water partition coefficient (Wildman–Crippen LogP) is 4.38. The standard InChI is InChI=1S/C25H27F3N4O2/c1-3-34-23(33)14-18-5-4-6-19(13-18)16-31-9-11-32(12-10-31)24-17(2)29-22-15-20(25(26,27)28)7-8-21(22)30-24/h4-8,13,15H,3,9-12,14,16H2,1-2H3. The van der Waals surface area contributed by atoms with E-state index < -0.39 is 11.7 Å². The van der Waals surface area contributed by atoms with Crippen LogP contribution >= 0.6 is 0 Å². The number of piperazine rings is 1. The third kappa shape index (κ3) is 5.64. The molecule has 0 spiro atoms. The van der Waals surface area contributed by atoms with Crippen molar-refractivity contribution in [3.05, 3.63) is 64.8 Å². The molecule has 1 fully saturated rings. The zero-order chi connectivity index (χ0) is 24.3. The maximum atomic E-state index is 13.0. The van der Waals surface area contributed by atoms with Crippen LogP contribution in [0.25, 0.3) is 11.0 Å². The number of alkyl halides is 3. The molecule has 6 nitrogen and oxygen atoms in total. The van der Waals surface area contributed by atoms with E-state index in [2.05, 4.69) is 25.8 Å². The lowest BCUT2D eigenvalue weighted by atomic mass is 10.1. The van der Waals surface area contributed by atoms with Crippen LogP contribution in [0.15, 0.2) is 42.5 Å². The average Bonchev–Trinajstić information content (AvgIpc) is 2.78. The van der Waals surface area contributed by atoms with Crippen molar-refractivity contribution in [1.82, 2.24) is 14.9 Å². The number of ether oxygens (including phenoxy) is 1. The molecule has 0 aliphatic carbocycles. The van der Waals surface area contributed by atoms with Crippen molar-refractivity contribution in [1.29, 1.82) is 0 Å². The van der Waals surface area contributed by atoms with Crippen LogP contribution in [0.2, 0.25) is 0 Å². The van der Waals surface area contributed by atoms with E-state index in [9.17, 15) is 18.0 Å². The summed E-state index contributed by atoms with van der Waals surface area (Å²) in [6, 6.07) is 11.5. The van der Waals surface area contributed by atoms with E-state index in [4.69, 9.17) is 4.74 Å². The Morgan fingerprint density at radius 1 is 1.00 bits per heavy atom. The SMILES string of the molecule is CCOC(=O)Cc1cccc(CN2CCN(c3nc4ccc(C(F)(F)F)cc4nc3C)CC2)c1. The van der Waals surface area contributed by atoms with E-state index in [0.717, 1.165) is 56.0 Å². The van der Waals surface area contributed by atoms with Gasteiger partial charge in [-0.25, -0.2) is 9.97 Å². The molecule has 0 saturated carbocycles. The number of anilines is 1. The zero-order valence-corrected chi connectivity index (χ0v) is 19.2. The molecular weight excluding hydrogens is 445 g/mol. The largest absolute Gasteiger partial charge is 0.466 e. The maximum Gasteiger partial charge on any atom is 0.416 e. The Bertz CT molecular complexity index is 1170. The lowest BCUT2D eigenvalue weighted by Crippen LogP contribution is -2.46. The highest BCUT2D eigenvalue weighted by molar-refractivity contribution is 5.77. The average molecular weight is 473 g/mol. The Balaban J connectivity index is 1.40. The molecule has 2 aromatic carbocycles. The first-order valence-electron chi connectivity index (χ1n) is 11.3. The summed E-state index contributed by atoms with van der Waals surface area (Å²) >= 11 is 0. The summed E-state index contributed by atoms with van der Waals surface area (Å²) in [6.45, 7) is 7.83. The van der Waals surface area contributed by atoms with Gasteiger partial charge < -0.3 is 9.64 Å². The van der Waals surface area contributed by atoms with Gasteiger partial charge in [-0.1, -0.05) is 24.3 Å². The molecule has 34 heavy (non-hydrogen) atoms. The fourth-order valence-electron chi connectivity index (χ4n) is 4.20. The number of aryl methyl sites for hydroxylation is 1. The third-order valence-electron chi connectivity index (χ3n) is 5.86. The van der Waals surface area contributed by atoms with Gasteiger partial charge in [0.1, 0.15) is 0 Å². The summed E-state index contributed by atoms with van der Waals surface area (Å²) < 4.78 is 44.1. The number of rotatable bonds is 6. The molecule has 1 saturated heterocycles. The monoisotopic (exact) mass is 472 g/mol. The van der Waals surface area contributed by atoms with E-state index in [1.807, 2.05) is 18.2 Å². The molecule has 0 atom stereocenters. The van der Waals surface area contributed by atoms with Crippen molar-refractivity contribution in [2.24, 2.45) is 0 Å². The van der Waals surface area contributed by atoms with Crippen molar-refractivity contribution in [3.63, 3.8) is 0 Å². The van der Waals surface area contributed by atoms with Crippen LogP contribution < -0.4 is 4.90 Å². The molecule has 1 aromatic heterocycles. The Morgan fingerprint density at radius 3 is 2.44 bits per heavy atom. The number of halogens is 3. The van der Waals surface area contributed by atoms with Crippen molar-refractivity contribution < 1.29 is 22.7 Å². The maximum absolute atomic E-state index is 13.0. The highest BCUT2D eigenvalue weighted by Gasteiger charge is 2.31. The van der Waals surface area contributed by atoms with E-state index in [-0.39, 0.29) is 17.9 Å². The normalized spacial score (nSPS) is 15.0. The molecule has 0 radical (unpaired) electrons. The quantitative estimate of drug-likeness (QED) is 0.496. The van der Waals surface area contributed by atoms with Gasteiger partial charge in [0, 0.05) is 32.7 Å². The van der Waals surface area contributed by atoms with Gasteiger partial charge >= 0.3 is 12.1 Å². The molecule has 1 aliphatic rings. The van der Waals surface area contributed by atoms with Crippen LogP contribution in [-0.2, 0) is 28.7 Å². The first kappa shape index (κ1) is 23.9. The molecule has 0 unspecified atom stereocenters. The summed E-state index contributed by atoms with van der Waals surface area (Å²) in [4.78, 5) is 25.2. The molecule has 0 amide bonds. The number of hydrogen-bond acceptors (Lipinski definition) is 6. The lowest BCUT2D eigenvalue weighted by Gasteiger charge is -2.36. The van der Waals surface area contributed by atoms with Crippen LogP contribution in [0.5, 0.6) is 0 Å². The van der Waals surface area contributed by atoms with Crippen LogP contribution in [0.3, 0.4) is 0 Å². The molecule has 9 heteroatoms. The summed E-state index contributed by atoms with van der Waals surface area (Å²) in [5.41, 5.74) is 2.67. The number of hydrogen-bond donors (Lipinski definition) is 0. The highest BCUT2D eigenvalue weighted by Crippen LogP contribution is 2.31. The lowest BCUT2D eigenvalue weighted by molar-refractivity contribution is -0.142. The molecule has 4 rings (SSSR count). The first-order valence-corrected chi connectivity index (χ1v) is 11.3. The van der Waals surface area contributed by atoms with Gasteiger partial charge in [0.15, 0.2) is 5.82 Å². The van der Waals surface area contributed by atoms with Crippen LogP contribution in [0.4, 0.5) is 19.0 Å². The number of nitrogens with zero attached hydrogens (tertiary/aromatic N) is 4. The minimum atomic E-state index is -4.41. The van der Waals surface area contributed by atoms with Crippen molar-refractivity contribution in [2.75, 3.05) is 37.7 Å². The number of carbonyl (C=O) groups is 1. The number of fused-ring (bicyclic) bond motifs is 1. The van der Waals surface area contributed by atoms with Gasteiger partial charge in [-0.05, 0) is 43.2 Å². The molecule has 2 heterocycles. The minimum Gasteiger partial charge on any atom is -0.466 e. The van der Waals surface area contributed by atoms with E-state index >= 15 is 0 Å². The van der Waals surface area contributed by atoms with E-state index in [1.54, 1.807) is 13.8 Å². The van der Waals surface area contributed by atoms with Crippen LogP contribution in [0.1, 0.15) is 29.3 Å². The number of esters is 1. The second-order valence-electron chi connectivity index (χ2n) is 8.40. The molecule has 1 aliphatic heterocycles. The van der Waals surface area contributed by atoms with E-state index in [0.29, 0.717) is 23.6 Å². The van der Waals surface area contributed by atoms with Crippen LogP contribution in [-0.4, -0.2) is 53.6 Å². The van der Waals surface area contributed by atoms with Gasteiger partial charge in [0.05, 0.1) is 35.3 Å². The Labute approximate surface area is 196 Å². The second-order valence-corrected chi connectivity index (χ2v) is 8.40. The summed E-state index contributed by atoms with van der Waals surface area (Å²) in [7, 11) is 0. The third-order valence-corrected chi connectivity index (χ3v) is 5.86. The van der Waals surface area contributed by atoms with Crippen molar-refractivity contribution in [3.8, 4) is 0 Å². The number of aromatic nitrogens is 2. The fourth-order valence-corrected chi connectivity index (χ4v) is 4.20. The van der Waals surface area contributed by atoms with E-state index in [1.165, 1.54) is 6.07 Å². The molecule has 180 valence electrons. The van der Waals surface area contributed by atoms with Gasteiger partial charge in [0.2, 0.25) is 0 Å². The molecule has 0 N–H and O–H groups in total. The Kier molecular flexibility index (Phi) is 7.02. The van der Waals surface area contributed by atoms with Gasteiger partial charge in [0.25, 0.3) is 0 Å². The summed E-state index contributed by atoms with van der Waals surface area (Å²) in [5, 5.41) is 0. The number of carbonyl (C=O) groups excluding carboxylic acids is 1. The highest BCUT2D eigenvalue weighted by atomic mass is 19.4. The molecule has 3 aromatic rings. The van der Waals surface area contributed by atoms with Crippen LogP contribution in [0, 0.1) is 6.92 Å².